The van der Waals surface area contributed by atoms with Crippen LogP contribution in [-0.2, 0) is 14.4 Å². The number of amides is 1. The van der Waals surface area contributed by atoms with Crippen LogP contribution in [0.15, 0.2) is 24.3 Å². The van der Waals surface area contributed by atoms with Crippen LogP contribution < -0.4 is 5.32 Å². The Balaban J connectivity index is 3.60. The van der Waals surface area contributed by atoms with E-state index in [2.05, 4.69) is 36.5 Å². The minimum Gasteiger partial charge on any atom is -0.481 e. The molecule has 1 unspecified atom stereocenters. The molecular formula is C23H39NO5. The number of carboxylic acid groups (broad SMARTS) is 2. The van der Waals surface area contributed by atoms with Crippen molar-refractivity contribution in [2.75, 3.05) is 0 Å². The van der Waals surface area contributed by atoms with E-state index < -0.39 is 18.0 Å². The lowest BCUT2D eigenvalue weighted by atomic mass is 10.1. The van der Waals surface area contributed by atoms with E-state index >= 15 is 0 Å². The summed E-state index contributed by atoms with van der Waals surface area (Å²) in [6.45, 7) is 2.21. The Morgan fingerprint density at radius 2 is 1.34 bits per heavy atom. The molecule has 0 bridgehead atoms. The van der Waals surface area contributed by atoms with Crippen LogP contribution in [0.25, 0.3) is 0 Å². The third-order valence-electron chi connectivity index (χ3n) is 4.66. The molecule has 0 saturated carbocycles. The van der Waals surface area contributed by atoms with Gasteiger partial charge in [-0.25, -0.2) is 4.79 Å². The highest BCUT2D eigenvalue weighted by Gasteiger charge is 2.20. The number of hydrogen-bond acceptors (Lipinski definition) is 3. The van der Waals surface area contributed by atoms with E-state index in [1.165, 1.54) is 32.1 Å². The number of aliphatic carboxylic acids is 2. The quantitative estimate of drug-likeness (QED) is 0.200. The number of carboxylic acids is 2. The second-order valence-corrected chi connectivity index (χ2v) is 7.40. The smallest absolute Gasteiger partial charge is 0.326 e. The first kappa shape index (κ1) is 26.9. The molecule has 0 radical (unpaired) electrons. The zero-order valence-corrected chi connectivity index (χ0v) is 17.9. The van der Waals surface area contributed by atoms with Crippen molar-refractivity contribution in [3.05, 3.63) is 24.3 Å². The standard InChI is InChI=1S/C23H39NO5/c1-2-3-4-5-6-7-8-9-10-11-12-13-14-15-16-17-21(25)24-20(23(28)29)18-19-22(26)27/h6-9,20H,2-5,10-19H2,1H3,(H,24,25)(H,26,27)(H,28,29)/b7-6-,9-8+. The highest BCUT2D eigenvalue weighted by Crippen LogP contribution is 2.09. The zero-order valence-electron chi connectivity index (χ0n) is 17.9. The molecule has 1 atom stereocenters. The zero-order chi connectivity index (χ0) is 21.7. The first-order chi connectivity index (χ1) is 14.0. The van der Waals surface area contributed by atoms with Crippen LogP contribution in [0.4, 0.5) is 0 Å². The second-order valence-electron chi connectivity index (χ2n) is 7.40. The maximum absolute atomic E-state index is 11.8. The van der Waals surface area contributed by atoms with Crippen molar-refractivity contribution >= 4 is 17.8 Å². The van der Waals surface area contributed by atoms with Crippen LogP contribution in [0.2, 0.25) is 0 Å². The molecule has 6 heteroatoms. The molecule has 6 nitrogen and oxygen atoms in total. The summed E-state index contributed by atoms with van der Waals surface area (Å²) in [5.41, 5.74) is 0. The maximum Gasteiger partial charge on any atom is 0.326 e. The van der Waals surface area contributed by atoms with Gasteiger partial charge in [-0.2, -0.15) is 0 Å². The number of carbonyl (C=O) groups is 3. The van der Waals surface area contributed by atoms with E-state index in [4.69, 9.17) is 10.2 Å². The third kappa shape index (κ3) is 19.0. The van der Waals surface area contributed by atoms with E-state index in [0.717, 1.165) is 38.5 Å². The third-order valence-corrected chi connectivity index (χ3v) is 4.66. The summed E-state index contributed by atoms with van der Waals surface area (Å²) in [6.07, 6.45) is 20.9. The van der Waals surface area contributed by atoms with Gasteiger partial charge in [-0.15, -0.1) is 0 Å². The van der Waals surface area contributed by atoms with Crippen LogP contribution in [-0.4, -0.2) is 34.1 Å². The summed E-state index contributed by atoms with van der Waals surface area (Å²) in [6, 6.07) is -1.13. The van der Waals surface area contributed by atoms with Crippen molar-refractivity contribution in [1.29, 1.82) is 0 Å². The Hall–Kier alpha value is -2.11. The van der Waals surface area contributed by atoms with E-state index in [9.17, 15) is 14.4 Å². The summed E-state index contributed by atoms with van der Waals surface area (Å²) in [5.74, 6) is -2.59. The number of nitrogens with one attached hydrogen (secondary N) is 1. The second kappa shape index (κ2) is 19.2. The topological polar surface area (TPSA) is 104 Å². The molecule has 0 aliphatic carbocycles. The average molecular weight is 410 g/mol. The molecule has 0 aromatic carbocycles. The van der Waals surface area contributed by atoms with Gasteiger partial charge in [-0.05, 0) is 38.5 Å². The molecule has 0 fully saturated rings. The molecule has 0 aromatic rings. The van der Waals surface area contributed by atoms with Crippen LogP contribution in [0.5, 0.6) is 0 Å². The van der Waals surface area contributed by atoms with E-state index in [1.54, 1.807) is 0 Å². The number of rotatable bonds is 19. The van der Waals surface area contributed by atoms with Gasteiger partial charge in [0, 0.05) is 12.8 Å². The fourth-order valence-corrected chi connectivity index (χ4v) is 2.91. The number of allylic oxidation sites excluding steroid dienone is 4. The van der Waals surface area contributed by atoms with Crippen molar-refractivity contribution in [2.24, 2.45) is 0 Å². The molecule has 3 N–H and O–H groups in total. The average Bonchev–Trinajstić information content (AvgIpc) is 2.67. The van der Waals surface area contributed by atoms with Gasteiger partial charge in [-0.3, -0.25) is 9.59 Å². The van der Waals surface area contributed by atoms with Gasteiger partial charge in [0.25, 0.3) is 0 Å². The van der Waals surface area contributed by atoms with E-state index in [0.29, 0.717) is 0 Å². The lowest BCUT2D eigenvalue weighted by molar-refractivity contribution is -0.143. The van der Waals surface area contributed by atoms with Crippen molar-refractivity contribution in [3.63, 3.8) is 0 Å². The Morgan fingerprint density at radius 3 is 1.90 bits per heavy atom. The molecule has 0 spiro atoms. The Bertz CT molecular complexity index is 513. The van der Waals surface area contributed by atoms with Gasteiger partial charge >= 0.3 is 11.9 Å². The van der Waals surface area contributed by atoms with Crippen molar-refractivity contribution in [1.82, 2.24) is 5.32 Å². The SMILES string of the molecule is CCCCC/C=C\C=C\CCCCCCCCC(=O)NC(CCC(=O)O)C(=O)O. The fourth-order valence-electron chi connectivity index (χ4n) is 2.91. The van der Waals surface area contributed by atoms with Gasteiger partial charge in [-0.1, -0.05) is 69.8 Å². The normalized spacial score (nSPS) is 12.4. The number of carbonyl (C=O) groups excluding carboxylic acids is 1. The predicted octanol–water partition coefficient (Wildman–Crippen LogP) is 5.23. The monoisotopic (exact) mass is 409 g/mol. The minimum absolute atomic E-state index is 0.0977. The van der Waals surface area contributed by atoms with Gasteiger partial charge in [0.2, 0.25) is 5.91 Å². The fraction of sp³-hybridized carbons (Fsp3) is 0.696. The van der Waals surface area contributed by atoms with Crippen LogP contribution in [0, 0.1) is 0 Å². The highest BCUT2D eigenvalue weighted by molar-refractivity contribution is 5.83. The molecule has 0 aliphatic rings. The largest absolute Gasteiger partial charge is 0.481 e. The first-order valence-electron chi connectivity index (χ1n) is 11.0. The summed E-state index contributed by atoms with van der Waals surface area (Å²) < 4.78 is 0. The Labute approximate surface area is 175 Å². The number of unbranched alkanes of at least 4 members (excludes halogenated alkanes) is 9. The van der Waals surface area contributed by atoms with Crippen molar-refractivity contribution in [3.8, 4) is 0 Å². The molecule has 0 saturated heterocycles. The van der Waals surface area contributed by atoms with E-state index in [1.807, 2.05) is 0 Å². The van der Waals surface area contributed by atoms with Crippen LogP contribution in [0.1, 0.15) is 96.8 Å². The highest BCUT2D eigenvalue weighted by atomic mass is 16.4. The maximum atomic E-state index is 11.8. The van der Waals surface area contributed by atoms with E-state index in [-0.39, 0.29) is 25.2 Å². The summed E-state index contributed by atoms with van der Waals surface area (Å²) >= 11 is 0. The first-order valence-corrected chi connectivity index (χ1v) is 11.0. The van der Waals surface area contributed by atoms with Gasteiger partial charge in [0.05, 0.1) is 0 Å². The van der Waals surface area contributed by atoms with Crippen molar-refractivity contribution in [2.45, 2.75) is 103 Å². The van der Waals surface area contributed by atoms with Crippen LogP contribution in [0.3, 0.4) is 0 Å². The molecule has 1 amide bonds. The molecule has 0 aromatic heterocycles. The molecule has 0 heterocycles. The Morgan fingerprint density at radius 1 is 0.793 bits per heavy atom. The minimum atomic E-state index is -1.19. The molecule has 0 rings (SSSR count). The summed E-state index contributed by atoms with van der Waals surface area (Å²) in [7, 11) is 0. The van der Waals surface area contributed by atoms with Crippen LogP contribution >= 0.6 is 0 Å². The summed E-state index contributed by atoms with van der Waals surface area (Å²) in [5, 5.41) is 20.0. The van der Waals surface area contributed by atoms with Gasteiger partial charge < -0.3 is 15.5 Å². The van der Waals surface area contributed by atoms with Crippen molar-refractivity contribution < 1.29 is 24.6 Å². The Kier molecular flexibility index (Phi) is 17.8. The van der Waals surface area contributed by atoms with Gasteiger partial charge in [0.1, 0.15) is 6.04 Å². The molecule has 0 aliphatic heterocycles. The number of hydrogen-bond donors (Lipinski definition) is 3. The van der Waals surface area contributed by atoms with Gasteiger partial charge in [0.15, 0.2) is 0 Å². The molecule has 29 heavy (non-hydrogen) atoms. The molecular weight excluding hydrogens is 370 g/mol. The summed E-state index contributed by atoms with van der Waals surface area (Å²) in [4.78, 5) is 33.4. The molecule has 166 valence electrons. The predicted molar refractivity (Wildman–Crippen MR) is 116 cm³/mol. The lowest BCUT2D eigenvalue weighted by Gasteiger charge is -2.13. The lowest BCUT2D eigenvalue weighted by Crippen LogP contribution is -2.41.